The number of halogens is 1. The molecule has 0 aromatic heterocycles. The van der Waals surface area contributed by atoms with Crippen molar-refractivity contribution in [2.75, 3.05) is 13.6 Å². The Labute approximate surface area is 140 Å². The van der Waals surface area contributed by atoms with Gasteiger partial charge >= 0.3 is 0 Å². The summed E-state index contributed by atoms with van der Waals surface area (Å²) in [6.45, 7) is 0.279. The zero-order valence-electron chi connectivity index (χ0n) is 12.5. The molecule has 0 fully saturated rings. The molecule has 2 rings (SSSR count). The summed E-state index contributed by atoms with van der Waals surface area (Å²) >= 11 is 5.80. The first kappa shape index (κ1) is 17.5. The van der Waals surface area contributed by atoms with Gasteiger partial charge in [0.15, 0.2) is 0 Å². The van der Waals surface area contributed by atoms with Crippen LogP contribution in [0.15, 0.2) is 53.4 Å². The molecule has 2 aromatic rings. The van der Waals surface area contributed by atoms with E-state index in [0.29, 0.717) is 17.0 Å². The second-order valence-electron chi connectivity index (χ2n) is 4.88. The second-order valence-corrected chi connectivity index (χ2v) is 7.08. The monoisotopic (exact) mass is 352 g/mol. The highest BCUT2D eigenvalue weighted by Crippen LogP contribution is 2.12. The highest BCUT2D eigenvalue weighted by molar-refractivity contribution is 7.89. The van der Waals surface area contributed by atoms with Gasteiger partial charge in [-0.3, -0.25) is 4.79 Å². The Balaban J connectivity index is 1.98. The number of hydrogen-bond donors (Lipinski definition) is 2. The molecule has 0 saturated heterocycles. The molecule has 0 aliphatic carbocycles. The normalized spacial score (nSPS) is 11.2. The van der Waals surface area contributed by atoms with E-state index in [1.807, 2.05) is 12.1 Å². The number of carbonyl (C=O) groups excluding carboxylic acids is 1. The first-order valence-electron chi connectivity index (χ1n) is 6.98. The molecule has 1 amide bonds. The highest BCUT2D eigenvalue weighted by Gasteiger charge is 2.14. The summed E-state index contributed by atoms with van der Waals surface area (Å²) in [5, 5.41) is 3.13. The summed E-state index contributed by atoms with van der Waals surface area (Å²) < 4.78 is 26.9. The number of nitrogens with one attached hydrogen (secondary N) is 2. The van der Waals surface area contributed by atoms with Crippen LogP contribution < -0.4 is 10.0 Å². The molecular weight excluding hydrogens is 336 g/mol. The van der Waals surface area contributed by atoms with Crippen molar-refractivity contribution in [2.45, 2.75) is 11.3 Å². The Morgan fingerprint density at radius 3 is 2.22 bits per heavy atom. The molecule has 0 aliphatic rings. The predicted molar refractivity (Wildman–Crippen MR) is 90.2 cm³/mol. The molecule has 0 atom stereocenters. The van der Waals surface area contributed by atoms with E-state index in [1.165, 1.54) is 31.3 Å². The number of rotatable bonds is 6. The van der Waals surface area contributed by atoms with Gasteiger partial charge < -0.3 is 5.32 Å². The molecule has 0 radical (unpaired) electrons. The first-order chi connectivity index (χ1) is 10.9. The molecular formula is C16H17ClN2O3S. The largest absolute Gasteiger partial charge is 0.355 e. The van der Waals surface area contributed by atoms with Crippen LogP contribution >= 0.6 is 11.6 Å². The van der Waals surface area contributed by atoms with Gasteiger partial charge in [0.05, 0.1) is 4.90 Å². The maximum atomic E-state index is 12.2. The minimum absolute atomic E-state index is 0.126. The summed E-state index contributed by atoms with van der Waals surface area (Å²) in [5.41, 5.74) is 1.40. The van der Waals surface area contributed by atoms with Gasteiger partial charge in [-0.1, -0.05) is 23.7 Å². The van der Waals surface area contributed by atoms with Crippen molar-refractivity contribution in [3.05, 3.63) is 64.7 Å². The molecule has 122 valence electrons. The van der Waals surface area contributed by atoms with E-state index < -0.39 is 10.0 Å². The van der Waals surface area contributed by atoms with Crippen molar-refractivity contribution in [3.8, 4) is 0 Å². The van der Waals surface area contributed by atoms with Gasteiger partial charge in [0.25, 0.3) is 5.91 Å². The maximum absolute atomic E-state index is 12.2. The second kappa shape index (κ2) is 7.59. The topological polar surface area (TPSA) is 75.3 Å². The third-order valence-electron chi connectivity index (χ3n) is 3.27. The summed E-state index contributed by atoms with van der Waals surface area (Å²) in [7, 11) is -2.08. The fraction of sp³-hybridized carbons (Fsp3) is 0.188. The number of amides is 1. The van der Waals surface area contributed by atoms with E-state index in [-0.39, 0.29) is 17.3 Å². The molecule has 0 aliphatic heterocycles. The van der Waals surface area contributed by atoms with Crippen molar-refractivity contribution < 1.29 is 13.2 Å². The number of hydrogen-bond acceptors (Lipinski definition) is 3. The van der Waals surface area contributed by atoms with Crippen LogP contribution in [0.4, 0.5) is 0 Å². The van der Waals surface area contributed by atoms with Crippen LogP contribution in [0.3, 0.4) is 0 Å². The maximum Gasteiger partial charge on any atom is 0.251 e. The highest BCUT2D eigenvalue weighted by atomic mass is 35.5. The fourth-order valence-electron chi connectivity index (χ4n) is 1.99. The van der Waals surface area contributed by atoms with Crippen molar-refractivity contribution >= 4 is 27.5 Å². The van der Waals surface area contributed by atoms with E-state index in [9.17, 15) is 13.2 Å². The van der Waals surface area contributed by atoms with Crippen LogP contribution in [0.5, 0.6) is 0 Å². The van der Waals surface area contributed by atoms with E-state index in [4.69, 9.17) is 11.6 Å². The van der Waals surface area contributed by atoms with Crippen LogP contribution in [0, 0.1) is 0 Å². The number of carbonyl (C=O) groups is 1. The molecule has 2 N–H and O–H groups in total. The van der Waals surface area contributed by atoms with Gasteiger partial charge in [0, 0.05) is 24.2 Å². The Hall–Kier alpha value is -1.89. The van der Waals surface area contributed by atoms with Gasteiger partial charge in [0.2, 0.25) is 10.0 Å². The average molecular weight is 353 g/mol. The van der Waals surface area contributed by atoms with E-state index in [1.54, 1.807) is 12.1 Å². The quantitative estimate of drug-likeness (QED) is 0.837. The molecule has 2 aromatic carbocycles. The van der Waals surface area contributed by atoms with E-state index >= 15 is 0 Å². The van der Waals surface area contributed by atoms with Crippen LogP contribution in [0.1, 0.15) is 15.9 Å². The first-order valence-corrected chi connectivity index (χ1v) is 8.85. The van der Waals surface area contributed by atoms with Gasteiger partial charge in [0.1, 0.15) is 0 Å². The molecule has 0 saturated carbocycles. The lowest BCUT2D eigenvalue weighted by atomic mass is 10.2. The van der Waals surface area contributed by atoms with Crippen molar-refractivity contribution in [3.63, 3.8) is 0 Å². The molecule has 0 spiro atoms. The SMILES string of the molecule is CNC(=O)c1ccc(S(=O)(=O)NCCc2ccc(Cl)cc2)cc1. The number of sulfonamides is 1. The Kier molecular flexibility index (Phi) is 5.76. The van der Waals surface area contributed by atoms with Crippen molar-refractivity contribution in [1.29, 1.82) is 0 Å². The van der Waals surface area contributed by atoms with E-state index in [2.05, 4.69) is 10.0 Å². The Bertz CT molecular complexity index is 772. The lowest BCUT2D eigenvalue weighted by Gasteiger charge is -2.08. The van der Waals surface area contributed by atoms with Gasteiger partial charge in [-0.15, -0.1) is 0 Å². The molecule has 23 heavy (non-hydrogen) atoms. The van der Waals surface area contributed by atoms with Gasteiger partial charge in [-0.05, 0) is 48.4 Å². The van der Waals surface area contributed by atoms with Gasteiger partial charge in [-0.25, -0.2) is 13.1 Å². The molecule has 7 heteroatoms. The standard InChI is InChI=1S/C16H17ClN2O3S/c1-18-16(20)13-4-8-15(9-5-13)23(21,22)19-11-10-12-2-6-14(17)7-3-12/h2-9,19H,10-11H2,1H3,(H,18,20). The summed E-state index contributed by atoms with van der Waals surface area (Å²) in [6.07, 6.45) is 0.562. The molecule has 0 heterocycles. The Morgan fingerprint density at radius 2 is 1.65 bits per heavy atom. The van der Waals surface area contributed by atoms with Crippen LogP contribution in [-0.2, 0) is 16.4 Å². The lowest BCUT2D eigenvalue weighted by Crippen LogP contribution is -2.26. The van der Waals surface area contributed by atoms with E-state index in [0.717, 1.165) is 5.56 Å². The van der Waals surface area contributed by atoms with Crippen LogP contribution in [-0.4, -0.2) is 27.9 Å². The number of benzene rings is 2. The molecule has 0 bridgehead atoms. The molecule has 5 nitrogen and oxygen atoms in total. The van der Waals surface area contributed by atoms with Crippen LogP contribution in [0.25, 0.3) is 0 Å². The minimum atomic E-state index is -3.60. The fourth-order valence-corrected chi connectivity index (χ4v) is 3.15. The lowest BCUT2D eigenvalue weighted by molar-refractivity contribution is 0.0963. The van der Waals surface area contributed by atoms with Crippen LogP contribution in [0.2, 0.25) is 5.02 Å². The summed E-state index contributed by atoms with van der Waals surface area (Å²) in [5.74, 6) is -0.260. The molecule has 0 unspecified atom stereocenters. The van der Waals surface area contributed by atoms with Crippen molar-refractivity contribution in [1.82, 2.24) is 10.0 Å². The predicted octanol–water partition coefficient (Wildman–Crippen LogP) is 2.22. The third-order valence-corrected chi connectivity index (χ3v) is 5.00. The summed E-state index contributed by atoms with van der Waals surface area (Å²) in [4.78, 5) is 11.6. The minimum Gasteiger partial charge on any atom is -0.355 e. The zero-order chi connectivity index (χ0) is 16.9. The van der Waals surface area contributed by atoms with Crippen molar-refractivity contribution in [2.24, 2.45) is 0 Å². The zero-order valence-corrected chi connectivity index (χ0v) is 14.1. The smallest absolute Gasteiger partial charge is 0.251 e. The van der Waals surface area contributed by atoms with Gasteiger partial charge in [-0.2, -0.15) is 0 Å². The third kappa shape index (κ3) is 4.79. The summed E-state index contributed by atoms with van der Waals surface area (Å²) in [6, 6.07) is 13.0. The Morgan fingerprint density at radius 1 is 1.04 bits per heavy atom. The average Bonchev–Trinajstić information content (AvgIpc) is 2.56.